The maximum absolute atomic E-state index is 13.2. The van der Waals surface area contributed by atoms with Crippen LogP contribution >= 0.6 is 11.8 Å². The molecule has 0 aliphatic rings. The van der Waals surface area contributed by atoms with Gasteiger partial charge < -0.3 is 9.47 Å². The summed E-state index contributed by atoms with van der Waals surface area (Å²) in [5, 5.41) is 0. The van der Waals surface area contributed by atoms with Crippen molar-refractivity contribution < 1.29 is 22.7 Å². The summed E-state index contributed by atoms with van der Waals surface area (Å²) in [6.07, 6.45) is 1.91. The highest BCUT2D eigenvalue weighted by Gasteiger charge is 2.29. The molecule has 2 aromatic rings. The molecule has 0 saturated heterocycles. The molecule has 0 radical (unpaired) electrons. The molecule has 0 fully saturated rings. The number of thioether (sulfide) groups is 1. The maximum atomic E-state index is 13.2. The highest BCUT2D eigenvalue weighted by Crippen LogP contribution is 2.33. The van der Waals surface area contributed by atoms with Crippen molar-refractivity contribution in [2.45, 2.75) is 16.7 Å². The second-order valence-electron chi connectivity index (χ2n) is 5.44. The molecule has 0 saturated carbocycles. The van der Waals surface area contributed by atoms with E-state index in [0.29, 0.717) is 5.75 Å². The van der Waals surface area contributed by atoms with Crippen LogP contribution in [0.3, 0.4) is 0 Å². The molecule has 0 spiro atoms. The summed E-state index contributed by atoms with van der Waals surface area (Å²) < 4.78 is 37.4. The van der Waals surface area contributed by atoms with Gasteiger partial charge in [0.25, 0.3) is 10.0 Å². The largest absolute Gasteiger partial charge is 0.495 e. The Hall–Kier alpha value is -2.19. The number of ether oxygens (including phenoxy) is 2. The molecule has 140 valence electrons. The van der Waals surface area contributed by atoms with E-state index < -0.39 is 22.5 Å². The summed E-state index contributed by atoms with van der Waals surface area (Å²) in [6.45, 7) is 1.38. The van der Waals surface area contributed by atoms with Crippen molar-refractivity contribution in [1.82, 2.24) is 0 Å². The van der Waals surface area contributed by atoms with Gasteiger partial charge in [-0.15, -0.1) is 11.8 Å². The topological polar surface area (TPSA) is 72.9 Å². The predicted molar refractivity (Wildman–Crippen MR) is 103 cm³/mol. The van der Waals surface area contributed by atoms with Gasteiger partial charge in [0.1, 0.15) is 12.3 Å². The van der Waals surface area contributed by atoms with Crippen LogP contribution < -0.4 is 9.04 Å². The minimum atomic E-state index is -3.99. The Bertz CT molecular complexity index is 879. The molecule has 0 unspecified atom stereocenters. The fourth-order valence-corrected chi connectivity index (χ4v) is 4.17. The lowest BCUT2D eigenvalue weighted by molar-refractivity contribution is -0.138. The fourth-order valence-electron chi connectivity index (χ4n) is 2.35. The Kier molecular flexibility index (Phi) is 6.55. The Balaban J connectivity index is 2.60. The smallest absolute Gasteiger partial charge is 0.326 e. The summed E-state index contributed by atoms with van der Waals surface area (Å²) in [7, 11) is -1.33. The van der Waals surface area contributed by atoms with Crippen molar-refractivity contribution in [1.29, 1.82) is 0 Å². The van der Waals surface area contributed by atoms with Crippen LogP contribution in [0.4, 0.5) is 5.69 Å². The third kappa shape index (κ3) is 4.31. The first-order valence-electron chi connectivity index (χ1n) is 7.71. The first-order chi connectivity index (χ1) is 12.3. The van der Waals surface area contributed by atoms with Crippen LogP contribution in [0.15, 0.2) is 52.3 Å². The average Bonchev–Trinajstić information content (AvgIpc) is 2.65. The number of hydrogen-bond donors (Lipinski definition) is 0. The third-order valence-electron chi connectivity index (χ3n) is 3.75. The maximum Gasteiger partial charge on any atom is 0.326 e. The number of hydrogen-bond acceptors (Lipinski definition) is 6. The Morgan fingerprint density at radius 3 is 2.31 bits per heavy atom. The van der Waals surface area contributed by atoms with E-state index in [-0.39, 0.29) is 10.6 Å². The molecule has 2 aromatic carbocycles. The molecule has 2 rings (SSSR count). The van der Waals surface area contributed by atoms with E-state index in [1.807, 2.05) is 13.2 Å². The second-order valence-corrected chi connectivity index (χ2v) is 8.18. The minimum Gasteiger partial charge on any atom is -0.495 e. The van der Waals surface area contributed by atoms with Crippen LogP contribution in [-0.2, 0) is 19.6 Å². The molecule has 26 heavy (non-hydrogen) atoms. The summed E-state index contributed by atoms with van der Waals surface area (Å²) in [4.78, 5) is 12.9. The number of rotatable bonds is 7. The normalized spacial score (nSPS) is 11.1. The van der Waals surface area contributed by atoms with Crippen LogP contribution in [0.1, 0.15) is 5.56 Å². The lowest BCUT2D eigenvalue weighted by Gasteiger charge is -2.25. The second kappa shape index (κ2) is 8.46. The zero-order valence-corrected chi connectivity index (χ0v) is 16.7. The van der Waals surface area contributed by atoms with E-state index in [1.165, 1.54) is 38.1 Å². The average molecular weight is 396 g/mol. The van der Waals surface area contributed by atoms with Gasteiger partial charge in [0.05, 0.1) is 24.8 Å². The summed E-state index contributed by atoms with van der Waals surface area (Å²) >= 11 is 1.51. The molecule has 8 heteroatoms. The molecule has 0 N–H and O–H groups in total. The number of sulfonamides is 1. The van der Waals surface area contributed by atoms with E-state index in [9.17, 15) is 13.2 Å². The SMILES string of the molecule is COC(=O)CN(c1cc(C)ccc1OC)S(=O)(=O)c1ccc(SC)cc1. The third-order valence-corrected chi connectivity index (χ3v) is 6.27. The van der Waals surface area contributed by atoms with E-state index in [0.717, 1.165) is 14.8 Å². The predicted octanol–water partition coefficient (Wildman–Crippen LogP) is 3.09. The van der Waals surface area contributed by atoms with Crippen LogP contribution in [0.5, 0.6) is 5.75 Å². The molecule has 0 bridgehead atoms. The zero-order chi connectivity index (χ0) is 19.3. The van der Waals surface area contributed by atoms with Crippen molar-refractivity contribution >= 4 is 33.4 Å². The van der Waals surface area contributed by atoms with Gasteiger partial charge in [-0.25, -0.2) is 8.42 Å². The molecule has 0 heterocycles. The van der Waals surface area contributed by atoms with Crippen molar-refractivity contribution in [3.63, 3.8) is 0 Å². The van der Waals surface area contributed by atoms with E-state index in [4.69, 9.17) is 4.74 Å². The standard InChI is InChI=1S/C18H21NO5S2/c1-13-5-10-17(23-2)16(11-13)19(12-18(20)24-3)26(21,22)15-8-6-14(25-4)7-9-15/h5-11H,12H2,1-4H3. The molecule has 0 amide bonds. The summed E-state index contributed by atoms with van der Waals surface area (Å²) in [5.74, 6) is -0.318. The first-order valence-corrected chi connectivity index (χ1v) is 10.4. The molecule has 0 aliphatic heterocycles. The lowest BCUT2D eigenvalue weighted by Crippen LogP contribution is -2.36. The molecular weight excluding hydrogens is 374 g/mol. The van der Waals surface area contributed by atoms with Gasteiger partial charge >= 0.3 is 5.97 Å². The number of aryl methyl sites for hydroxylation is 1. The minimum absolute atomic E-state index is 0.0859. The molecule has 0 aliphatic carbocycles. The summed E-state index contributed by atoms with van der Waals surface area (Å²) in [6, 6.07) is 11.6. The van der Waals surface area contributed by atoms with E-state index >= 15 is 0 Å². The number of carbonyl (C=O) groups is 1. The molecule has 0 aromatic heterocycles. The van der Waals surface area contributed by atoms with Crippen molar-refractivity contribution in [2.24, 2.45) is 0 Å². The quantitative estimate of drug-likeness (QED) is 0.530. The first kappa shape index (κ1) is 20.1. The fraction of sp³-hybridized carbons (Fsp3) is 0.278. The zero-order valence-electron chi connectivity index (χ0n) is 15.1. The number of carbonyl (C=O) groups excluding carboxylic acids is 1. The van der Waals surface area contributed by atoms with Crippen LogP contribution in [-0.4, -0.2) is 41.4 Å². The highest BCUT2D eigenvalue weighted by atomic mass is 32.2. The van der Waals surface area contributed by atoms with Gasteiger partial charge in [0, 0.05) is 4.90 Å². The Morgan fingerprint density at radius 1 is 1.12 bits per heavy atom. The summed E-state index contributed by atoms with van der Waals surface area (Å²) in [5.41, 5.74) is 1.12. The van der Waals surface area contributed by atoms with Crippen LogP contribution in [0.2, 0.25) is 0 Å². The van der Waals surface area contributed by atoms with Crippen molar-refractivity contribution in [3.8, 4) is 5.75 Å². The number of methoxy groups -OCH3 is 2. The molecular formula is C18H21NO5S2. The molecule has 0 atom stereocenters. The highest BCUT2D eigenvalue weighted by molar-refractivity contribution is 7.98. The lowest BCUT2D eigenvalue weighted by atomic mass is 10.2. The number of esters is 1. The monoisotopic (exact) mass is 395 g/mol. The van der Waals surface area contributed by atoms with E-state index in [2.05, 4.69) is 4.74 Å². The number of anilines is 1. The molecule has 6 nitrogen and oxygen atoms in total. The van der Waals surface area contributed by atoms with Gasteiger partial charge in [-0.3, -0.25) is 9.10 Å². The van der Waals surface area contributed by atoms with Gasteiger partial charge in [-0.05, 0) is 55.1 Å². The van der Waals surface area contributed by atoms with Gasteiger partial charge in [-0.1, -0.05) is 6.07 Å². The van der Waals surface area contributed by atoms with Gasteiger partial charge in [0.15, 0.2) is 0 Å². The van der Waals surface area contributed by atoms with E-state index in [1.54, 1.807) is 30.3 Å². The van der Waals surface area contributed by atoms with Gasteiger partial charge in [0.2, 0.25) is 0 Å². The number of nitrogens with zero attached hydrogens (tertiary/aromatic N) is 1. The Morgan fingerprint density at radius 2 is 1.77 bits per heavy atom. The number of benzene rings is 2. The Labute approximate surface area is 158 Å². The van der Waals surface area contributed by atoms with Crippen molar-refractivity contribution in [3.05, 3.63) is 48.0 Å². The van der Waals surface area contributed by atoms with Gasteiger partial charge in [-0.2, -0.15) is 0 Å². The van der Waals surface area contributed by atoms with Crippen molar-refractivity contribution in [2.75, 3.05) is 31.3 Å². The van der Waals surface area contributed by atoms with Crippen LogP contribution in [0.25, 0.3) is 0 Å². The van der Waals surface area contributed by atoms with Crippen LogP contribution in [0, 0.1) is 6.92 Å².